The van der Waals surface area contributed by atoms with E-state index in [1.54, 1.807) is 27.7 Å². The van der Waals surface area contributed by atoms with Gasteiger partial charge in [-0.05, 0) is 38.8 Å². The molecule has 0 atom stereocenters. The zero-order chi connectivity index (χ0) is 24.9. The molecule has 0 fully saturated rings. The molecule has 2 aromatic rings. The molecule has 2 aromatic heterocycles. The van der Waals surface area contributed by atoms with Crippen LogP contribution in [-0.2, 0) is 19.1 Å². The first-order chi connectivity index (χ1) is 15.5. The van der Waals surface area contributed by atoms with Crippen LogP contribution in [0.25, 0.3) is 0 Å². The Kier molecular flexibility index (Phi) is 8.71. The number of anilines is 2. The summed E-state index contributed by atoms with van der Waals surface area (Å²) in [5.74, 6) is -2.91. The molecule has 10 nitrogen and oxygen atoms in total. The first-order valence-corrected chi connectivity index (χ1v) is 11.5. The first kappa shape index (κ1) is 26.0. The van der Waals surface area contributed by atoms with Crippen molar-refractivity contribution in [2.24, 2.45) is 0 Å². The molecule has 0 bridgehead atoms. The number of esters is 2. The van der Waals surface area contributed by atoms with E-state index in [9.17, 15) is 24.0 Å². The molecule has 0 saturated heterocycles. The van der Waals surface area contributed by atoms with Gasteiger partial charge >= 0.3 is 11.9 Å². The van der Waals surface area contributed by atoms with E-state index in [-0.39, 0.29) is 33.5 Å². The first-order valence-electron chi connectivity index (χ1n) is 9.88. The maximum atomic E-state index is 12.6. The minimum atomic E-state index is -0.769. The van der Waals surface area contributed by atoms with Gasteiger partial charge in [0.25, 0.3) is 11.8 Å². The lowest BCUT2D eigenvalue weighted by atomic mass is 10.1. The monoisotopic (exact) mass is 495 g/mol. The van der Waals surface area contributed by atoms with Crippen LogP contribution >= 0.6 is 22.7 Å². The highest BCUT2D eigenvalue weighted by atomic mass is 32.1. The molecule has 0 saturated carbocycles. The lowest BCUT2D eigenvalue weighted by Gasteiger charge is -2.09. The van der Waals surface area contributed by atoms with Crippen molar-refractivity contribution < 1.29 is 33.4 Å². The SMILES string of the molecule is CCOC(=O)c1c(NC(=O)COC(=O)c2c(NC(C)=O)sc(C)c2C)sc(C(=O)NC)c1C. The number of ether oxygens (including phenoxy) is 2. The Hall–Kier alpha value is -3.25. The van der Waals surface area contributed by atoms with Crippen LogP contribution in [0.1, 0.15) is 60.2 Å². The zero-order valence-corrected chi connectivity index (χ0v) is 20.7. The molecule has 0 radical (unpaired) electrons. The molecule has 0 spiro atoms. The van der Waals surface area contributed by atoms with Gasteiger partial charge in [-0.25, -0.2) is 9.59 Å². The van der Waals surface area contributed by atoms with Crippen molar-refractivity contribution >= 4 is 62.3 Å². The average Bonchev–Trinajstić information content (AvgIpc) is 3.20. The molecule has 2 heterocycles. The van der Waals surface area contributed by atoms with Crippen molar-refractivity contribution in [1.29, 1.82) is 0 Å². The highest BCUT2D eigenvalue weighted by Gasteiger charge is 2.27. The van der Waals surface area contributed by atoms with Crippen LogP contribution in [0.4, 0.5) is 10.0 Å². The smallest absolute Gasteiger partial charge is 0.341 e. The number of carbonyl (C=O) groups excluding carboxylic acids is 5. The number of thiophene rings is 2. The Bertz CT molecular complexity index is 1120. The number of carbonyl (C=O) groups is 5. The third-order valence-electron chi connectivity index (χ3n) is 4.53. The molecule has 178 valence electrons. The van der Waals surface area contributed by atoms with Crippen molar-refractivity contribution in [3.8, 4) is 0 Å². The summed E-state index contributed by atoms with van der Waals surface area (Å²) >= 11 is 2.15. The molecular weight excluding hydrogens is 470 g/mol. The van der Waals surface area contributed by atoms with Gasteiger partial charge < -0.3 is 25.4 Å². The quantitative estimate of drug-likeness (QED) is 0.478. The van der Waals surface area contributed by atoms with E-state index in [4.69, 9.17) is 9.47 Å². The molecule has 0 aliphatic rings. The normalized spacial score (nSPS) is 10.4. The largest absolute Gasteiger partial charge is 0.462 e. The second-order valence-corrected chi connectivity index (χ2v) is 9.10. The minimum Gasteiger partial charge on any atom is -0.462 e. The number of aryl methyl sites for hydroxylation is 1. The van der Waals surface area contributed by atoms with E-state index in [0.29, 0.717) is 16.1 Å². The summed E-state index contributed by atoms with van der Waals surface area (Å²) in [6, 6.07) is 0. The van der Waals surface area contributed by atoms with E-state index in [0.717, 1.165) is 16.2 Å². The van der Waals surface area contributed by atoms with Gasteiger partial charge in [0.2, 0.25) is 5.91 Å². The van der Waals surface area contributed by atoms with E-state index in [1.807, 2.05) is 0 Å². The van der Waals surface area contributed by atoms with E-state index >= 15 is 0 Å². The van der Waals surface area contributed by atoms with Crippen LogP contribution in [0.3, 0.4) is 0 Å². The van der Waals surface area contributed by atoms with Gasteiger partial charge in [0.15, 0.2) is 6.61 Å². The van der Waals surface area contributed by atoms with Gasteiger partial charge in [-0.2, -0.15) is 0 Å². The van der Waals surface area contributed by atoms with Gasteiger partial charge in [0, 0.05) is 18.8 Å². The van der Waals surface area contributed by atoms with E-state index < -0.39 is 30.4 Å². The van der Waals surface area contributed by atoms with Crippen LogP contribution in [0, 0.1) is 20.8 Å². The molecule has 3 N–H and O–H groups in total. The molecule has 0 unspecified atom stereocenters. The average molecular weight is 496 g/mol. The Morgan fingerprint density at radius 3 is 2.00 bits per heavy atom. The summed E-state index contributed by atoms with van der Waals surface area (Å²) in [6.07, 6.45) is 0. The van der Waals surface area contributed by atoms with Crippen molar-refractivity contribution in [2.45, 2.75) is 34.6 Å². The number of rotatable bonds is 8. The zero-order valence-electron chi connectivity index (χ0n) is 19.1. The van der Waals surface area contributed by atoms with E-state index in [1.165, 1.54) is 25.3 Å². The highest BCUT2D eigenvalue weighted by Crippen LogP contribution is 2.34. The molecule has 0 aliphatic carbocycles. The van der Waals surface area contributed by atoms with Crippen molar-refractivity contribution in [3.05, 3.63) is 32.0 Å². The van der Waals surface area contributed by atoms with Crippen molar-refractivity contribution in [1.82, 2.24) is 5.32 Å². The highest BCUT2D eigenvalue weighted by molar-refractivity contribution is 7.18. The number of nitrogens with one attached hydrogen (secondary N) is 3. The Labute approximate surface area is 198 Å². The second-order valence-electron chi connectivity index (χ2n) is 6.85. The number of hydrogen-bond acceptors (Lipinski definition) is 9. The fourth-order valence-corrected chi connectivity index (χ4v) is 5.12. The molecule has 2 rings (SSSR count). The van der Waals surface area contributed by atoms with Crippen LogP contribution in [0.5, 0.6) is 0 Å². The van der Waals surface area contributed by atoms with Gasteiger partial charge in [0.05, 0.1) is 22.6 Å². The van der Waals surface area contributed by atoms with Crippen molar-refractivity contribution in [3.63, 3.8) is 0 Å². The third kappa shape index (κ3) is 5.96. The maximum Gasteiger partial charge on any atom is 0.341 e. The number of hydrogen-bond donors (Lipinski definition) is 3. The van der Waals surface area contributed by atoms with Crippen LogP contribution in [0.2, 0.25) is 0 Å². The fraction of sp³-hybridized carbons (Fsp3) is 0.381. The summed E-state index contributed by atoms with van der Waals surface area (Å²) < 4.78 is 10.2. The lowest BCUT2D eigenvalue weighted by Crippen LogP contribution is -2.22. The Balaban J connectivity index is 2.20. The minimum absolute atomic E-state index is 0.0670. The van der Waals surface area contributed by atoms with Gasteiger partial charge in [-0.3, -0.25) is 14.4 Å². The fourth-order valence-electron chi connectivity index (χ4n) is 2.87. The molecular formula is C21H25N3O7S2. The summed E-state index contributed by atoms with van der Waals surface area (Å²) in [7, 11) is 1.45. The van der Waals surface area contributed by atoms with E-state index in [2.05, 4.69) is 16.0 Å². The molecule has 12 heteroatoms. The lowest BCUT2D eigenvalue weighted by molar-refractivity contribution is -0.119. The summed E-state index contributed by atoms with van der Waals surface area (Å²) in [4.78, 5) is 62.1. The van der Waals surface area contributed by atoms with Gasteiger partial charge in [-0.15, -0.1) is 22.7 Å². The van der Waals surface area contributed by atoms with Crippen LogP contribution in [-0.4, -0.2) is 49.9 Å². The third-order valence-corrected chi connectivity index (χ3v) is 6.85. The maximum absolute atomic E-state index is 12.6. The number of amides is 3. The topological polar surface area (TPSA) is 140 Å². The van der Waals surface area contributed by atoms with Gasteiger partial charge in [-0.1, -0.05) is 0 Å². The van der Waals surface area contributed by atoms with Crippen LogP contribution < -0.4 is 16.0 Å². The van der Waals surface area contributed by atoms with Gasteiger partial charge in [0.1, 0.15) is 10.0 Å². The summed E-state index contributed by atoms with van der Waals surface area (Å²) in [6.45, 7) is 7.54. The Morgan fingerprint density at radius 2 is 1.42 bits per heavy atom. The van der Waals surface area contributed by atoms with Crippen molar-refractivity contribution in [2.75, 3.05) is 30.9 Å². The Morgan fingerprint density at radius 1 is 0.848 bits per heavy atom. The summed E-state index contributed by atoms with van der Waals surface area (Å²) in [5.41, 5.74) is 1.26. The summed E-state index contributed by atoms with van der Waals surface area (Å²) in [5, 5.41) is 8.05. The predicted octanol–water partition coefficient (Wildman–Crippen LogP) is 3.03. The standard InChI is InChI=1S/C21H25N3O7S2/c1-7-30-20(28)15-10(3)16(17(27)22-6)33-19(15)24-13(26)8-31-21(29)14-9(2)11(4)32-18(14)23-12(5)25/h7-8H2,1-6H3,(H,22,27)(H,23,25)(H,24,26). The van der Waals surface area contributed by atoms with Crippen LogP contribution in [0.15, 0.2) is 0 Å². The second kappa shape index (κ2) is 11.1. The molecule has 3 amide bonds. The predicted molar refractivity (Wildman–Crippen MR) is 125 cm³/mol. The molecule has 0 aromatic carbocycles. The molecule has 0 aliphatic heterocycles. The molecule has 33 heavy (non-hydrogen) atoms.